The molecule has 2 aromatic rings. The average Bonchev–Trinajstić information content (AvgIpc) is 2.71. The van der Waals surface area contributed by atoms with E-state index in [2.05, 4.69) is 20.9 Å². The monoisotopic (exact) mass is 347 g/mol. The molecule has 0 aliphatic heterocycles. The lowest BCUT2D eigenvalue weighted by Crippen LogP contribution is -2.11. The first-order valence-corrected chi connectivity index (χ1v) is 6.57. The normalized spacial score (nSPS) is 11.8. The quantitative estimate of drug-likeness (QED) is 0.820. The molecule has 0 saturated heterocycles. The molecule has 0 aliphatic rings. The summed E-state index contributed by atoms with van der Waals surface area (Å²) in [4.78, 5) is 5.56. The lowest BCUT2D eigenvalue weighted by Gasteiger charge is -2.17. The highest BCUT2D eigenvalue weighted by molar-refractivity contribution is 9.10. The summed E-state index contributed by atoms with van der Waals surface area (Å²) in [6, 6.07) is 5.38. The number of hydrogen-bond acceptors (Lipinski definition) is 2. The van der Waals surface area contributed by atoms with Gasteiger partial charge >= 0.3 is 6.18 Å². The van der Waals surface area contributed by atoms with Crippen LogP contribution in [-0.4, -0.2) is 23.6 Å². The first-order chi connectivity index (χ1) is 9.20. The van der Waals surface area contributed by atoms with Crippen molar-refractivity contribution < 1.29 is 13.2 Å². The van der Waals surface area contributed by atoms with Crippen LogP contribution in [0.1, 0.15) is 5.69 Å². The van der Waals surface area contributed by atoms with Crippen LogP contribution >= 0.6 is 15.9 Å². The highest BCUT2D eigenvalue weighted by Crippen LogP contribution is 2.35. The van der Waals surface area contributed by atoms with Crippen molar-refractivity contribution >= 4 is 21.6 Å². The number of anilines is 1. The highest BCUT2D eigenvalue weighted by atomic mass is 79.9. The molecule has 108 valence electrons. The van der Waals surface area contributed by atoms with Crippen LogP contribution in [0.5, 0.6) is 0 Å². The first kappa shape index (κ1) is 14.9. The molecule has 0 fully saturated rings. The van der Waals surface area contributed by atoms with Gasteiger partial charge in [0.05, 0.1) is 0 Å². The Bertz CT molecular complexity index is 632. The van der Waals surface area contributed by atoms with Crippen LogP contribution in [0.2, 0.25) is 0 Å². The zero-order valence-electron chi connectivity index (χ0n) is 11.2. The van der Waals surface area contributed by atoms with E-state index in [9.17, 15) is 13.2 Å². The van der Waals surface area contributed by atoms with Gasteiger partial charge < -0.3 is 9.47 Å². The van der Waals surface area contributed by atoms with E-state index in [-0.39, 0.29) is 5.82 Å². The largest absolute Gasteiger partial charge is 0.434 e. The van der Waals surface area contributed by atoms with E-state index in [1.165, 1.54) is 4.57 Å². The fourth-order valence-electron chi connectivity index (χ4n) is 1.92. The average molecular weight is 348 g/mol. The molecular weight excluding hydrogens is 335 g/mol. The molecule has 1 heterocycles. The number of halogens is 4. The highest BCUT2D eigenvalue weighted by Gasteiger charge is 2.34. The van der Waals surface area contributed by atoms with Gasteiger partial charge in [-0.25, -0.2) is 4.98 Å². The zero-order chi connectivity index (χ0) is 15.1. The third-order valence-electron chi connectivity index (χ3n) is 2.85. The molecule has 1 aromatic carbocycles. The van der Waals surface area contributed by atoms with E-state index >= 15 is 0 Å². The summed E-state index contributed by atoms with van der Waals surface area (Å²) in [5.74, 6) is 0.286. The van der Waals surface area contributed by atoms with Crippen molar-refractivity contribution in [1.82, 2.24) is 9.55 Å². The van der Waals surface area contributed by atoms with Crippen molar-refractivity contribution in [3.05, 3.63) is 34.6 Å². The van der Waals surface area contributed by atoms with E-state index in [1.807, 2.05) is 25.1 Å². The number of rotatable bonds is 2. The van der Waals surface area contributed by atoms with Gasteiger partial charge in [0.15, 0.2) is 5.69 Å². The summed E-state index contributed by atoms with van der Waals surface area (Å²) in [7, 11) is 5.22. The fourth-order valence-corrected chi connectivity index (χ4v) is 2.27. The van der Waals surface area contributed by atoms with Crippen molar-refractivity contribution in [3.63, 3.8) is 0 Å². The topological polar surface area (TPSA) is 21.1 Å². The lowest BCUT2D eigenvalue weighted by molar-refractivity contribution is -0.140. The second kappa shape index (κ2) is 5.12. The zero-order valence-corrected chi connectivity index (χ0v) is 12.7. The van der Waals surface area contributed by atoms with E-state index < -0.39 is 11.9 Å². The number of aryl methyl sites for hydroxylation is 1. The molecule has 3 nitrogen and oxygen atoms in total. The maximum absolute atomic E-state index is 12.7. The molecule has 0 amide bonds. The number of imidazole rings is 1. The predicted octanol–water partition coefficient (Wildman–Crippen LogP) is 3.93. The molecule has 0 radical (unpaired) electrons. The maximum Gasteiger partial charge on any atom is 0.434 e. The summed E-state index contributed by atoms with van der Waals surface area (Å²) in [6.07, 6.45) is -3.44. The van der Waals surface area contributed by atoms with Crippen LogP contribution in [0.25, 0.3) is 11.4 Å². The third kappa shape index (κ3) is 2.82. The smallest absolute Gasteiger partial charge is 0.377 e. The summed E-state index contributed by atoms with van der Waals surface area (Å²) in [5, 5.41) is 0. The number of aromatic nitrogens is 2. The number of hydrogen-bond donors (Lipinski definition) is 0. The van der Waals surface area contributed by atoms with E-state index in [1.54, 1.807) is 19.2 Å². The van der Waals surface area contributed by atoms with Gasteiger partial charge in [0.2, 0.25) is 0 Å². The van der Waals surface area contributed by atoms with Crippen LogP contribution in [0, 0.1) is 0 Å². The summed E-state index contributed by atoms with van der Waals surface area (Å²) >= 11 is 3.36. The minimum Gasteiger partial charge on any atom is -0.377 e. The Labute approximate surface area is 123 Å². The van der Waals surface area contributed by atoms with Gasteiger partial charge in [0, 0.05) is 43.1 Å². The van der Waals surface area contributed by atoms with Crippen molar-refractivity contribution in [2.24, 2.45) is 7.05 Å². The Kier molecular flexibility index (Phi) is 3.82. The summed E-state index contributed by atoms with van der Waals surface area (Å²) < 4.78 is 40.4. The van der Waals surface area contributed by atoms with E-state index in [4.69, 9.17) is 0 Å². The van der Waals surface area contributed by atoms with Gasteiger partial charge in [-0.1, -0.05) is 15.9 Å². The summed E-state index contributed by atoms with van der Waals surface area (Å²) in [5.41, 5.74) is 0.556. The third-order valence-corrected chi connectivity index (χ3v) is 3.34. The van der Waals surface area contributed by atoms with Crippen LogP contribution in [-0.2, 0) is 13.2 Å². The molecule has 0 spiro atoms. The number of nitrogens with zero attached hydrogens (tertiary/aromatic N) is 3. The Morgan fingerprint density at radius 3 is 2.40 bits per heavy atom. The second-order valence-corrected chi connectivity index (χ2v) is 5.53. The molecule has 20 heavy (non-hydrogen) atoms. The van der Waals surface area contributed by atoms with Crippen LogP contribution in [0.15, 0.2) is 28.9 Å². The van der Waals surface area contributed by atoms with E-state index in [0.717, 1.165) is 16.4 Å². The molecule has 7 heteroatoms. The van der Waals surface area contributed by atoms with Crippen molar-refractivity contribution in [2.75, 3.05) is 19.0 Å². The Hall–Kier alpha value is -1.50. The maximum atomic E-state index is 12.7. The Morgan fingerprint density at radius 1 is 1.25 bits per heavy atom. The molecule has 0 aliphatic carbocycles. The van der Waals surface area contributed by atoms with Crippen LogP contribution in [0.4, 0.5) is 18.9 Å². The lowest BCUT2D eigenvalue weighted by atomic mass is 10.1. The standard InChI is InChI=1S/C13H13BrF3N3/c1-19(2)10-6-8(14)4-5-9(10)12-18-11(7-20(12)3)13(15,16)17/h4-7H,1-3H3. The predicted molar refractivity (Wildman–Crippen MR) is 75.7 cm³/mol. The van der Waals surface area contributed by atoms with Crippen molar-refractivity contribution in [2.45, 2.75) is 6.18 Å². The number of benzene rings is 1. The van der Waals surface area contributed by atoms with Crippen LogP contribution < -0.4 is 4.90 Å². The molecule has 0 unspecified atom stereocenters. The van der Waals surface area contributed by atoms with E-state index in [0.29, 0.717) is 5.56 Å². The molecule has 0 bridgehead atoms. The minimum absolute atomic E-state index is 0.286. The Balaban J connectivity index is 2.60. The SMILES string of the molecule is CN(C)c1cc(Br)ccc1-c1nc(C(F)(F)F)cn1C. The molecule has 0 saturated carbocycles. The number of alkyl halides is 3. The fraction of sp³-hybridized carbons (Fsp3) is 0.308. The van der Waals surface area contributed by atoms with Gasteiger partial charge in [-0.2, -0.15) is 13.2 Å². The van der Waals surface area contributed by atoms with Gasteiger partial charge in [0.1, 0.15) is 5.82 Å². The molecule has 0 N–H and O–H groups in total. The molecule has 2 rings (SSSR count). The molecule has 1 aromatic heterocycles. The first-order valence-electron chi connectivity index (χ1n) is 5.78. The van der Waals surface area contributed by atoms with Crippen molar-refractivity contribution in [3.8, 4) is 11.4 Å². The Morgan fingerprint density at radius 2 is 1.90 bits per heavy atom. The van der Waals surface area contributed by atoms with Gasteiger partial charge in [0.25, 0.3) is 0 Å². The van der Waals surface area contributed by atoms with Crippen molar-refractivity contribution in [1.29, 1.82) is 0 Å². The minimum atomic E-state index is -4.44. The van der Waals surface area contributed by atoms with Gasteiger partial charge in [-0.05, 0) is 18.2 Å². The van der Waals surface area contributed by atoms with Gasteiger partial charge in [-0.3, -0.25) is 0 Å². The molecule has 0 atom stereocenters. The molecular formula is C13H13BrF3N3. The van der Waals surface area contributed by atoms with Crippen LogP contribution in [0.3, 0.4) is 0 Å². The summed E-state index contributed by atoms with van der Waals surface area (Å²) in [6.45, 7) is 0. The second-order valence-electron chi connectivity index (χ2n) is 4.61. The van der Waals surface area contributed by atoms with Gasteiger partial charge in [-0.15, -0.1) is 0 Å².